The molecule has 1 N–H and O–H groups in total. The summed E-state index contributed by atoms with van der Waals surface area (Å²) in [4.78, 5) is 27.7. The number of carbonyl (C=O) groups excluding carboxylic acids is 2. The van der Waals surface area contributed by atoms with Crippen molar-refractivity contribution in [3.05, 3.63) is 16.1 Å². The van der Waals surface area contributed by atoms with Crippen LogP contribution in [0.25, 0.3) is 0 Å². The summed E-state index contributed by atoms with van der Waals surface area (Å²) in [7, 11) is 0. The molecule has 2 rings (SSSR count). The molecule has 0 spiro atoms. The largest absolute Gasteiger partial charge is 0.461 e. The lowest BCUT2D eigenvalue weighted by molar-refractivity contribution is 0.0526. The lowest BCUT2D eigenvalue weighted by Gasteiger charge is -2.29. The Morgan fingerprint density at radius 1 is 1.45 bits per heavy atom. The zero-order valence-corrected chi connectivity index (χ0v) is 12.7. The maximum atomic E-state index is 12.1. The molecule has 0 radical (unpaired) electrons. The van der Waals surface area contributed by atoms with E-state index in [0.29, 0.717) is 18.2 Å². The quantitative estimate of drug-likeness (QED) is 0.867. The Morgan fingerprint density at radius 3 is 2.90 bits per heavy atom. The van der Waals surface area contributed by atoms with Crippen LogP contribution >= 0.6 is 11.3 Å². The zero-order chi connectivity index (χ0) is 14.5. The van der Waals surface area contributed by atoms with E-state index in [1.165, 1.54) is 6.42 Å². The molecule has 1 aromatic rings. The second kappa shape index (κ2) is 6.83. The average molecular weight is 296 g/mol. The molecule has 1 aliphatic rings. The van der Waals surface area contributed by atoms with E-state index in [-0.39, 0.29) is 17.0 Å². The maximum absolute atomic E-state index is 12.1. The number of hydrogen-bond acceptors (Lipinski definition) is 5. The lowest BCUT2D eigenvalue weighted by atomic mass is 9.86. The number of amides is 1. The topological polar surface area (TPSA) is 68.3 Å². The third-order valence-corrected chi connectivity index (χ3v) is 4.44. The van der Waals surface area contributed by atoms with Gasteiger partial charge in [-0.15, -0.1) is 11.3 Å². The van der Waals surface area contributed by atoms with E-state index in [1.807, 2.05) is 0 Å². The number of carbonyl (C=O) groups is 2. The van der Waals surface area contributed by atoms with Crippen LogP contribution in [0.4, 0.5) is 0 Å². The Bertz CT molecular complexity index is 487. The van der Waals surface area contributed by atoms with Crippen LogP contribution in [0.3, 0.4) is 0 Å². The summed E-state index contributed by atoms with van der Waals surface area (Å²) >= 11 is 1.14. The summed E-state index contributed by atoms with van der Waals surface area (Å²) in [5.74, 6) is -0.172. The Balaban J connectivity index is 1.97. The molecule has 0 aromatic carbocycles. The summed E-state index contributed by atoms with van der Waals surface area (Å²) in [6.07, 6.45) is 4.55. The third kappa shape index (κ3) is 3.56. The number of esters is 1. The fourth-order valence-corrected chi connectivity index (χ4v) is 3.13. The second-order valence-corrected chi connectivity index (χ2v) is 5.96. The second-order valence-electron chi connectivity index (χ2n) is 5.10. The summed E-state index contributed by atoms with van der Waals surface area (Å²) in [6.45, 7) is 4.21. The van der Waals surface area contributed by atoms with Crippen molar-refractivity contribution < 1.29 is 14.3 Å². The van der Waals surface area contributed by atoms with Crippen molar-refractivity contribution in [2.24, 2.45) is 5.92 Å². The molecule has 20 heavy (non-hydrogen) atoms. The molecule has 0 saturated heterocycles. The van der Waals surface area contributed by atoms with Crippen LogP contribution < -0.4 is 5.32 Å². The van der Waals surface area contributed by atoms with E-state index >= 15 is 0 Å². The Morgan fingerprint density at radius 2 is 2.20 bits per heavy atom. The van der Waals surface area contributed by atoms with Gasteiger partial charge in [0.1, 0.15) is 5.69 Å². The average Bonchev–Trinajstić information content (AvgIpc) is 2.91. The first-order valence-corrected chi connectivity index (χ1v) is 7.93. The predicted octanol–water partition coefficient (Wildman–Crippen LogP) is 2.63. The number of aromatic nitrogens is 1. The lowest BCUT2D eigenvalue weighted by Crippen LogP contribution is -2.41. The molecule has 1 aliphatic carbocycles. The molecule has 0 aliphatic heterocycles. The fourth-order valence-electron chi connectivity index (χ4n) is 2.44. The minimum Gasteiger partial charge on any atom is -0.461 e. The maximum Gasteiger partial charge on any atom is 0.367 e. The van der Waals surface area contributed by atoms with Crippen molar-refractivity contribution in [2.45, 2.75) is 45.6 Å². The van der Waals surface area contributed by atoms with Gasteiger partial charge < -0.3 is 10.1 Å². The zero-order valence-electron chi connectivity index (χ0n) is 11.8. The van der Waals surface area contributed by atoms with Crippen LogP contribution in [-0.2, 0) is 4.74 Å². The summed E-state index contributed by atoms with van der Waals surface area (Å²) < 4.78 is 4.87. The van der Waals surface area contributed by atoms with Gasteiger partial charge in [-0.2, -0.15) is 0 Å². The number of nitrogens with one attached hydrogen (secondary N) is 1. The molecule has 2 unspecified atom stereocenters. The molecule has 5 nitrogen and oxygen atoms in total. The van der Waals surface area contributed by atoms with Crippen molar-refractivity contribution in [3.8, 4) is 0 Å². The number of thiazole rings is 1. The summed E-state index contributed by atoms with van der Waals surface area (Å²) in [5, 5.41) is 4.86. The van der Waals surface area contributed by atoms with E-state index in [2.05, 4.69) is 17.2 Å². The van der Waals surface area contributed by atoms with E-state index < -0.39 is 5.97 Å². The van der Waals surface area contributed by atoms with Gasteiger partial charge >= 0.3 is 5.97 Å². The number of hydrogen-bond donors (Lipinski definition) is 1. The Kier molecular flexibility index (Phi) is 5.11. The highest BCUT2D eigenvalue weighted by Gasteiger charge is 2.24. The van der Waals surface area contributed by atoms with Gasteiger partial charge in [0.05, 0.1) is 6.61 Å². The molecule has 1 aromatic heterocycles. The number of nitrogens with zero attached hydrogens (tertiary/aromatic N) is 1. The molecule has 0 bridgehead atoms. The molecule has 1 saturated carbocycles. The van der Waals surface area contributed by atoms with Crippen molar-refractivity contribution in [3.63, 3.8) is 0 Å². The highest BCUT2D eigenvalue weighted by molar-refractivity contribution is 7.11. The number of ether oxygens (including phenoxy) is 1. The fraction of sp³-hybridized carbons (Fsp3) is 0.643. The highest BCUT2D eigenvalue weighted by atomic mass is 32.1. The minimum absolute atomic E-state index is 0.199. The van der Waals surface area contributed by atoms with Crippen LogP contribution in [0.5, 0.6) is 0 Å². The van der Waals surface area contributed by atoms with Gasteiger partial charge in [-0.25, -0.2) is 9.78 Å². The van der Waals surface area contributed by atoms with Gasteiger partial charge in [-0.05, 0) is 25.7 Å². The smallest absolute Gasteiger partial charge is 0.367 e. The van der Waals surface area contributed by atoms with Gasteiger partial charge in [0, 0.05) is 11.4 Å². The van der Waals surface area contributed by atoms with Gasteiger partial charge in [-0.3, -0.25) is 4.79 Å². The molecular formula is C14H20N2O3S. The molecular weight excluding hydrogens is 276 g/mol. The molecule has 1 amide bonds. The SMILES string of the molecule is CCOC(=O)c1nc(C(=O)NC2CCCCC2C)cs1. The number of rotatable bonds is 4. The monoisotopic (exact) mass is 296 g/mol. The van der Waals surface area contributed by atoms with E-state index in [0.717, 1.165) is 30.6 Å². The highest BCUT2D eigenvalue weighted by Crippen LogP contribution is 2.24. The molecule has 1 heterocycles. The van der Waals surface area contributed by atoms with Crippen LogP contribution in [0.2, 0.25) is 0 Å². The Labute approximate surface area is 122 Å². The first-order chi connectivity index (χ1) is 9.61. The normalized spacial score (nSPS) is 22.3. The van der Waals surface area contributed by atoms with Gasteiger partial charge in [0.2, 0.25) is 5.01 Å². The van der Waals surface area contributed by atoms with Gasteiger partial charge in [0.15, 0.2) is 0 Å². The van der Waals surface area contributed by atoms with Crippen LogP contribution in [-0.4, -0.2) is 29.5 Å². The summed E-state index contributed by atoms with van der Waals surface area (Å²) in [6, 6.07) is 0.212. The van der Waals surface area contributed by atoms with Crippen molar-refractivity contribution >= 4 is 23.2 Å². The summed E-state index contributed by atoms with van der Waals surface area (Å²) in [5.41, 5.74) is 0.302. The van der Waals surface area contributed by atoms with Crippen LogP contribution in [0, 0.1) is 5.92 Å². The molecule has 1 fully saturated rings. The van der Waals surface area contributed by atoms with E-state index in [4.69, 9.17) is 4.74 Å². The van der Waals surface area contributed by atoms with Crippen molar-refractivity contribution in [1.82, 2.24) is 10.3 Å². The van der Waals surface area contributed by atoms with Crippen molar-refractivity contribution in [2.75, 3.05) is 6.61 Å². The van der Waals surface area contributed by atoms with Gasteiger partial charge in [-0.1, -0.05) is 19.8 Å². The van der Waals surface area contributed by atoms with E-state index in [9.17, 15) is 9.59 Å². The van der Waals surface area contributed by atoms with E-state index in [1.54, 1.807) is 12.3 Å². The molecule has 110 valence electrons. The third-order valence-electron chi connectivity index (χ3n) is 3.61. The van der Waals surface area contributed by atoms with Crippen molar-refractivity contribution in [1.29, 1.82) is 0 Å². The predicted molar refractivity (Wildman–Crippen MR) is 77.0 cm³/mol. The van der Waals surface area contributed by atoms with Crippen LogP contribution in [0.1, 0.15) is 59.8 Å². The van der Waals surface area contributed by atoms with Crippen LogP contribution in [0.15, 0.2) is 5.38 Å². The molecule has 6 heteroatoms. The molecule has 2 atom stereocenters. The first kappa shape index (κ1) is 15.0. The first-order valence-electron chi connectivity index (χ1n) is 7.05. The Hall–Kier alpha value is -1.43. The van der Waals surface area contributed by atoms with Gasteiger partial charge in [0.25, 0.3) is 5.91 Å². The standard InChI is InChI=1S/C14H20N2O3S/c1-3-19-14(18)13-16-11(8-20-13)12(17)15-10-7-5-4-6-9(10)2/h8-10H,3-7H2,1-2H3,(H,15,17). The minimum atomic E-state index is -0.470.